The van der Waals surface area contributed by atoms with Crippen LogP contribution < -0.4 is 4.90 Å². The van der Waals surface area contributed by atoms with E-state index < -0.39 is 5.60 Å². The number of amides is 1. The lowest BCUT2D eigenvalue weighted by Gasteiger charge is -2.41. The van der Waals surface area contributed by atoms with Crippen LogP contribution in [0, 0.1) is 0 Å². The highest BCUT2D eigenvalue weighted by Crippen LogP contribution is 2.25. The van der Waals surface area contributed by atoms with Crippen LogP contribution in [-0.4, -0.2) is 52.1 Å². The van der Waals surface area contributed by atoms with Gasteiger partial charge in [0.05, 0.1) is 11.7 Å². The summed E-state index contributed by atoms with van der Waals surface area (Å²) in [4.78, 5) is 16.4. The van der Waals surface area contributed by atoms with Crippen LogP contribution in [0.3, 0.4) is 0 Å². The zero-order chi connectivity index (χ0) is 17.5. The second kappa shape index (κ2) is 6.00. The van der Waals surface area contributed by atoms with Crippen molar-refractivity contribution in [3.05, 3.63) is 24.4 Å². The molecule has 1 atom stereocenters. The van der Waals surface area contributed by atoms with E-state index in [9.17, 15) is 4.79 Å². The van der Waals surface area contributed by atoms with Crippen LogP contribution in [0.15, 0.2) is 24.4 Å². The van der Waals surface area contributed by atoms with E-state index in [2.05, 4.69) is 35.1 Å². The van der Waals surface area contributed by atoms with E-state index in [0.29, 0.717) is 13.1 Å². The number of fused-ring (bicyclic) bond motifs is 1. The molecule has 6 nitrogen and oxygen atoms in total. The van der Waals surface area contributed by atoms with E-state index in [0.717, 1.165) is 17.4 Å². The Hall–Kier alpha value is -2.24. The van der Waals surface area contributed by atoms with Gasteiger partial charge in [0.2, 0.25) is 0 Å². The SMILES string of the molecule is CC1CN(C(=O)OC(C)(C)C)CCN1c1ccc2c(cnn2C)c1. The van der Waals surface area contributed by atoms with Gasteiger partial charge in [-0.3, -0.25) is 4.68 Å². The summed E-state index contributed by atoms with van der Waals surface area (Å²) in [6, 6.07) is 6.64. The second-order valence-corrected chi connectivity index (χ2v) is 7.48. The Morgan fingerprint density at radius 1 is 1.29 bits per heavy atom. The Kier molecular flexibility index (Phi) is 4.15. The quantitative estimate of drug-likeness (QED) is 0.806. The summed E-state index contributed by atoms with van der Waals surface area (Å²) in [5, 5.41) is 5.43. The number of ether oxygens (including phenoxy) is 1. The number of anilines is 1. The standard InChI is InChI=1S/C18H26N4O2/c1-13-12-21(17(23)24-18(2,3)4)8-9-22(13)15-6-7-16-14(10-15)11-19-20(16)5/h6-7,10-11,13H,8-9,12H2,1-5H3. The Morgan fingerprint density at radius 2 is 2.04 bits per heavy atom. The molecule has 1 aliphatic rings. The molecule has 1 amide bonds. The van der Waals surface area contributed by atoms with Gasteiger partial charge in [-0.05, 0) is 45.9 Å². The van der Waals surface area contributed by atoms with Gasteiger partial charge in [0, 0.05) is 43.8 Å². The molecule has 0 bridgehead atoms. The van der Waals surface area contributed by atoms with Gasteiger partial charge in [-0.2, -0.15) is 5.10 Å². The predicted octanol–water partition coefficient (Wildman–Crippen LogP) is 3.02. The molecule has 0 saturated carbocycles. The molecule has 0 N–H and O–H groups in total. The van der Waals surface area contributed by atoms with Crippen LogP contribution in [0.1, 0.15) is 27.7 Å². The van der Waals surface area contributed by atoms with Crippen LogP contribution >= 0.6 is 0 Å². The Labute approximate surface area is 143 Å². The molecule has 24 heavy (non-hydrogen) atoms. The predicted molar refractivity (Wildman–Crippen MR) is 95.3 cm³/mol. The number of rotatable bonds is 1. The van der Waals surface area contributed by atoms with Crippen LogP contribution in [0.5, 0.6) is 0 Å². The van der Waals surface area contributed by atoms with Crippen molar-refractivity contribution in [2.75, 3.05) is 24.5 Å². The van der Waals surface area contributed by atoms with Gasteiger partial charge in [-0.1, -0.05) is 0 Å². The van der Waals surface area contributed by atoms with E-state index in [1.807, 2.05) is 38.7 Å². The van der Waals surface area contributed by atoms with Crippen LogP contribution in [0.4, 0.5) is 10.5 Å². The number of aryl methyl sites for hydroxylation is 1. The molecule has 1 saturated heterocycles. The van der Waals surface area contributed by atoms with Crippen molar-refractivity contribution in [1.82, 2.24) is 14.7 Å². The first-order valence-corrected chi connectivity index (χ1v) is 8.41. The van der Waals surface area contributed by atoms with Gasteiger partial charge in [0.15, 0.2) is 0 Å². The second-order valence-electron chi connectivity index (χ2n) is 7.48. The molecule has 1 aliphatic heterocycles. The molecule has 0 radical (unpaired) electrons. The van der Waals surface area contributed by atoms with Crippen molar-refractivity contribution >= 4 is 22.7 Å². The third kappa shape index (κ3) is 3.32. The van der Waals surface area contributed by atoms with Gasteiger partial charge >= 0.3 is 6.09 Å². The molecule has 0 aliphatic carbocycles. The molecule has 0 spiro atoms. The van der Waals surface area contributed by atoms with Crippen LogP contribution in [-0.2, 0) is 11.8 Å². The summed E-state index contributed by atoms with van der Waals surface area (Å²) in [5.41, 5.74) is 1.84. The zero-order valence-electron chi connectivity index (χ0n) is 15.1. The first-order chi connectivity index (χ1) is 11.2. The van der Waals surface area contributed by atoms with Crippen molar-refractivity contribution in [2.45, 2.75) is 39.3 Å². The molecular formula is C18H26N4O2. The van der Waals surface area contributed by atoms with E-state index in [4.69, 9.17) is 4.74 Å². The van der Waals surface area contributed by atoms with Crippen molar-refractivity contribution in [3.63, 3.8) is 0 Å². The average Bonchev–Trinajstić information content (AvgIpc) is 2.86. The molecule has 130 valence electrons. The maximum absolute atomic E-state index is 12.3. The summed E-state index contributed by atoms with van der Waals surface area (Å²) < 4.78 is 7.36. The lowest BCUT2D eigenvalue weighted by atomic mass is 10.1. The molecule has 1 fully saturated rings. The molecule has 6 heteroatoms. The summed E-state index contributed by atoms with van der Waals surface area (Å²) in [6.07, 6.45) is 1.66. The van der Waals surface area contributed by atoms with Crippen molar-refractivity contribution in [1.29, 1.82) is 0 Å². The number of carbonyl (C=O) groups excluding carboxylic acids is 1. The third-order valence-electron chi connectivity index (χ3n) is 4.34. The monoisotopic (exact) mass is 330 g/mol. The maximum atomic E-state index is 12.3. The number of aromatic nitrogens is 2. The van der Waals surface area contributed by atoms with E-state index in [1.54, 1.807) is 4.90 Å². The molecule has 1 unspecified atom stereocenters. The first-order valence-electron chi connectivity index (χ1n) is 8.41. The van der Waals surface area contributed by atoms with Crippen molar-refractivity contribution < 1.29 is 9.53 Å². The van der Waals surface area contributed by atoms with E-state index in [-0.39, 0.29) is 12.1 Å². The highest BCUT2D eigenvalue weighted by molar-refractivity contribution is 5.82. The topological polar surface area (TPSA) is 50.6 Å². The molecule has 3 rings (SSSR count). The minimum absolute atomic E-state index is 0.225. The minimum Gasteiger partial charge on any atom is -0.444 e. The first kappa shape index (κ1) is 16.6. The largest absolute Gasteiger partial charge is 0.444 e. The third-order valence-corrected chi connectivity index (χ3v) is 4.34. The van der Waals surface area contributed by atoms with Crippen LogP contribution in [0.25, 0.3) is 10.9 Å². The summed E-state index contributed by atoms with van der Waals surface area (Å²) in [5.74, 6) is 0. The maximum Gasteiger partial charge on any atom is 0.410 e. The number of hydrogen-bond donors (Lipinski definition) is 0. The number of benzene rings is 1. The molecule has 1 aromatic carbocycles. The average molecular weight is 330 g/mol. The number of carbonyl (C=O) groups is 1. The molecule has 2 heterocycles. The highest BCUT2D eigenvalue weighted by atomic mass is 16.6. The van der Waals surface area contributed by atoms with Gasteiger partial charge < -0.3 is 14.5 Å². The highest BCUT2D eigenvalue weighted by Gasteiger charge is 2.30. The summed E-state index contributed by atoms with van der Waals surface area (Å²) in [7, 11) is 1.95. The fourth-order valence-electron chi connectivity index (χ4n) is 3.16. The number of hydrogen-bond acceptors (Lipinski definition) is 4. The van der Waals surface area contributed by atoms with Gasteiger partial charge in [-0.15, -0.1) is 0 Å². The summed E-state index contributed by atoms with van der Waals surface area (Å²) in [6.45, 7) is 9.97. The van der Waals surface area contributed by atoms with Gasteiger partial charge in [-0.25, -0.2) is 4.79 Å². The fourth-order valence-corrected chi connectivity index (χ4v) is 3.16. The van der Waals surface area contributed by atoms with Gasteiger partial charge in [0.1, 0.15) is 5.60 Å². The zero-order valence-corrected chi connectivity index (χ0v) is 15.1. The summed E-state index contributed by atoms with van der Waals surface area (Å²) >= 11 is 0. The molecule has 2 aromatic rings. The smallest absolute Gasteiger partial charge is 0.410 e. The number of piperazine rings is 1. The number of nitrogens with zero attached hydrogens (tertiary/aromatic N) is 4. The van der Waals surface area contributed by atoms with Gasteiger partial charge in [0.25, 0.3) is 0 Å². The molecule has 1 aromatic heterocycles. The lowest BCUT2D eigenvalue weighted by molar-refractivity contribution is 0.0219. The Bertz CT molecular complexity index is 747. The van der Waals surface area contributed by atoms with E-state index in [1.165, 1.54) is 5.69 Å². The minimum atomic E-state index is -0.456. The Balaban J connectivity index is 1.72. The fraction of sp³-hybridized carbons (Fsp3) is 0.556. The van der Waals surface area contributed by atoms with E-state index >= 15 is 0 Å². The van der Waals surface area contributed by atoms with Crippen LogP contribution in [0.2, 0.25) is 0 Å². The normalized spacial score (nSPS) is 19.0. The van der Waals surface area contributed by atoms with Crippen molar-refractivity contribution in [3.8, 4) is 0 Å². The molecular weight excluding hydrogens is 304 g/mol. The van der Waals surface area contributed by atoms with Crippen molar-refractivity contribution in [2.24, 2.45) is 7.05 Å². The lowest BCUT2D eigenvalue weighted by Crippen LogP contribution is -2.54. The Morgan fingerprint density at radius 3 is 2.71 bits per heavy atom.